The number of piperazine rings is 1. The first-order valence-electron chi connectivity index (χ1n) is 9.88. The predicted molar refractivity (Wildman–Crippen MR) is 101 cm³/mol. The third-order valence-electron chi connectivity index (χ3n) is 5.88. The lowest BCUT2D eigenvalue weighted by Crippen LogP contribution is -2.46. The van der Waals surface area contributed by atoms with Crippen molar-refractivity contribution in [3.8, 4) is 0 Å². The van der Waals surface area contributed by atoms with Crippen molar-refractivity contribution in [2.75, 3.05) is 50.7 Å². The number of unbranched alkanes of at least 4 members (excludes halogenated alkanes) is 1. The first-order chi connectivity index (χ1) is 12.7. The molecule has 0 aliphatic carbocycles. The fourth-order valence-corrected chi connectivity index (χ4v) is 4.36. The number of anilines is 1. The number of fused-ring (bicyclic) bond motifs is 1. The third-order valence-corrected chi connectivity index (χ3v) is 5.88. The summed E-state index contributed by atoms with van der Waals surface area (Å²) in [6.07, 6.45) is 3.74. The lowest BCUT2D eigenvalue weighted by molar-refractivity contribution is -0.128. The molecular formula is C20H28N4O2. The molecule has 1 aromatic carbocycles. The van der Waals surface area contributed by atoms with Gasteiger partial charge < -0.3 is 9.80 Å². The van der Waals surface area contributed by atoms with Crippen LogP contribution in [0.2, 0.25) is 0 Å². The summed E-state index contributed by atoms with van der Waals surface area (Å²) in [7, 11) is 0. The van der Waals surface area contributed by atoms with Crippen LogP contribution in [0.5, 0.6) is 0 Å². The van der Waals surface area contributed by atoms with E-state index in [1.54, 1.807) is 4.90 Å². The Labute approximate surface area is 155 Å². The summed E-state index contributed by atoms with van der Waals surface area (Å²) in [5.74, 6) is 0.0315. The summed E-state index contributed by atoms with van der Waals surface area (Å²) in [5, 5.41) is 0. The molecule has 0 spiro atoms. The first kappa shape index (κ1) is 17.3. The number of rotatable bonds is 6. The van der Waals surface area contributed by atoms with Crippen LogP contribution in [0.3, 0.4) is 0 Å². The summed E-state index contributed by atoms with van der Waals surface area (Å²) in [4.78, 5) is 32.8. The molecule has 1 atom stereocenters. The van der Waals surface area contributed by atoms with Gasteiger partial charge in [-0.05, 0) is 44.4 Å². The number of urea groups is 1. The van der Waals surface area contributed by atoms with E-state index in [9.17, 15) is 9.59 Å². The van der Waals surface area contributed by atoms with Crippen LogP contribution in [0, 0.1) is 0 Å². The fraction of sp³-hybridized carbons (Fsp3) is 0.600. The topological polar surface area (TPSA) is 47.1 Å². The lowest BCUT2D eigenvalue weighted by Gasteiger charge is -2.36. The van der Waals surface area contributed by atoms with Crippen molar-refractivity contribution in [3.63, 3.8) is 0 Å². The van der Waals surface area contributed by atoms with E-state index in [0.29, 0.717) is 6.54 Å². The zero-order valence-corrected chi connectivity index (χ0v) is 15.3. The largest absolute Gasteiger partial charge is 0.369 e. The molecule has 3 aliphatic rings. The first-order valence-corrected chi connectivity index (χ1v) is 9.88. The van der Waals surface area contributed by atoms with Crippen LogP contribution in [-0.4, -0.2) is 78.5 Å². The number of hydrogen-bond acceptors (Lipinski definition) is 4. The van der Waals surface area contributed by atoms with Gasteiger partial charge in [-0.15, -0.1) is 0 Å². The number of imide groups is 1. The van der Waals surface area contributed by atoms with Gasteiger partial charge in [0.15, 0.2) is 0 Å². The zero-order chi connectivity index (χ0) is 17.9. The van der Waals surface area contributed by atoms with Gasteiger partial charge in [0, 0.05) is 45.0 Å². The highest BCUT2D eigenvalue weighted by Gasteiger charge is 2.46. The highest BCUT2D eigenvalue weighted by Crippen LogP contribution is 2.27. The molecular weight excluding hydrogens is 328 g/mol. The van der Waals surface area contributed by atoms with Crippen LogP contribution < -0.4 is 4.90 Å². The Hall–Kier alpha value is -2.08. The lowest BCUT2D eigenvalue weighted by atomic mass is 10.2. The second-order valence-electron chi connectivity index (χ2n) is 7.50. The van der Waals surface area contributed by atoms with Crippen molar-refractivity contribution < 1.29 is 9.59 Å². The summed E-state index contributed by atoms with van der Waals surface area (Å²) in [6.45, 7) is 6.64. The van der Waals surface area contributed by atoms with Crippen LogP contribution in [0.1, 0.15) is 25.7 Å². The minimum absolute atomic E-state index is 0.0315. The number of nitrogens with zero attached hydrogens (tertiary/aromatic N) is 4. The molecule has 3 aliphatic heterocycles. The fourth-order valence-electron chi connectivity index (χ4n) is 4.36. The Bertz CT molecular complexity index is 620. The van der Waals surface area contributed by atoms with E-state index < -0.39 is 0 Å². The van der Waals surface area contributed by atoms with Crippen molar-refractivity contribution in [2.24, 2.45) is 0 Å². The van der Waals surface area contributed by atoms with Crippen molar-refractivity contribution in [2.45, 2.75) is 31.7 Å². The second-order valence-corrected chi connectivity index (χ2v) is 7.50. The summed E-state index contributed by atoms with van der Waals surface area (Å²) in [6, 6.07) is 10.4. The van der Waals surface area contributed by atoms with E-state index >= 15 is 0 Å². The number of carbonyl (C=O) groups excluding carboxylic acids is 2. The molecule has 0 bridgehead atoms. The summed E-state index contributed by atoms with van der Waals surface area (Å²) in [5.41, 5.74) is 1.30. The van der Waals surface area contributed by atoms with Crippen molar-refractivity contribution in [1.82, 2.24) is 14.7 Å². The van der Waals surface area contributed by atoms with Gasteiger partial charge in [-0.3, -0.25) is 14.6 Å². The number of benzene rings is 1. The molecule has 0 aromatic heterocycles. The van der Waals surface area contributed by atoms with Gasteiger partial charge in [-0.25, -0.2) is 4.79 Å². The molecule has 26 heavy (non-hydrogen) atoms. The normalized spacial score (nSPS) is 23.8. The van der Waals surface area contributed by atoms with E-state index in [1.165, 1.54) is 10.6 Å². The smallest absolute Gasteiger partial charge is 0.327 e. The predicted octanol–water partition coefficient (Wildman–Crippen LogP) is 2.02. The van der Waals surface area contributed by atoms with Gasteiger partial charge in [0.25, 0.3) is 5.91 Å². The highest BCUT2D eigenvalue weighted by atomic mass is 16.2. The Morgan fingerprint density at radius 3 is 2.35 bits per heavy atom. The Morgan fingerprint density at radius 1 is 0.885 bits per heavy atom. The minimum Gasteiger partial charge on any atom is -0.369 e. The van der Waals surface area contributed by atoms with E-state index in [-0.39, 0.29) is 18.0 Å². The van der Waals surface area contributed by atoms with Crippen molar-refractivity contribution >= 4 is 17.6 Å². The molecule has 3 fully saturated rings. The third kappa shape index (κ3) is 3.43. The van der Waals surface area contributed by atoms with Crippen LogP contribution in [0.15, 0.2) is 30.3 Å². The average Bonchev–Trinajstić information content (AvgIpc) is 3.25. The summed E-state index contributed by atoms with van der Waals surface area (Å²) >= 11 is 0. The van der Waals surface area contributed by atoms with E-state index in [2.05, 4.69) is 40.1 Å². The maximum Gasteiger partial charge on any atom is 0.327 e. The van der Waals surface area contributed by atoms with Gasteiger partial charge in [0.2, 0.25) is 0 Å². The van der Waals surface area contributed by atoms with Crippen LogP contribution >= 0.6 is 0 Å². The Balaban J connectivity index is 1.16. The van der Waals surface area contributed by atoms with Crippen molar-refractivity contribution in [3.05, 3.63) is 30.3 Å². The number of carbonyl (C=O) groups is 2. The molecule has 4 rings (SSSR count). The molecule has 140 valence electrons. The Morgan fingerprint density at radius 2 is 1.62 bits per heavy atom. The summed E-state index contributed by atoms with van der Waals surface area (Å²) < 4.78 is 0. The molecule has 3 saturated heterocycles. The SMILES string of the molecule is O=C1[C@H]2CCCN2C(=O)N1CCCCN1CCN(c2ccccc2)CC1. The van der Waals surface area contributed by atoms with E-state index in [0.717, 1.165) is 65.0 Å². The van der Waals surface area contributed by atoms with E-state index in [1.807, 2.05) is 0 Å². The molecule has 0 N–H and O–H groups in total. The van der Waals surface area contributed by atoms with Gasteiger partial charge in [0.1, 0.15) is 6.04 Å². The molecule has 1 aromatic rings. The molecule has 0 saturated carbocycles. The molecule has 0 radical (unpaired) electrons. The Kier molecular flexibility index (Phi) is 5.11. The maximum absolute atomic E-state index is 12.3. The second kappa shape index (κ2) is 7.66. The molecule has 6 heteroatoms. The zero-order valence-electron chi connectivity index (χ0n) is 15.3. The molecule has 6 nitrogen and oxygen atoms in total. The monoisotopic (exact) mass is 356 g/mol. The maximum atomic E-state index is 12.3. The average molecular weight is 356 g/mol. The molecule has 3 heterocycles. The van der Waals surface area contributed by atoms with Crippen LogP contribution in [-0.2, 0) is 4.79 Å². The van der Waals surface area contributed by atoms with Crippen LogP contribution in [0.4, 0.5) is 10.5 Å². The minimum atomic E-state index is -0.159. The highest BCUT2D eigenvalue weighted by molar-refractivity contribution is 6.04. The molecule has 0 unspecified atom stereocenters. The van der Waals surface area contributed by atoms with E-state index in [4.69, 9.17) is 0 Å². The van der Waals surface area contributed by atoms with Gasteiger partial charge in [-0.1, -0.05) is 18.2 Å². The number of para-hydroxylation sites is 1. The van der Waals surface area contributed by atoms with Gasteiger partial charge >= 0.3 is 6.03 Å². The van der Waals surface area contributed by atoms with Gasteiger partial charge in [0.05, 0.1) is 0 Å². The van der Waals surface area contributed by atoms with Gasteiger partial charge in [-0.2, -0.15) is 0 Å². The molecule has 3 amide bonds. The number of hydrogen-bond donors (Lipinski definition) is 0. The standard InChI is InChI=1S/C20H28N4O2/c25-19-18-9-6-12-23(18)20(26)24(19)11-5-4-10-21-13-15-22(16-14-21)17-7-2-1-3-8-17/h1-3,7-8,18H,4-6,9-16H2/t18-/m1/s1. The van der Waals surface area contributed by atoms with Crippen LogP contribution in [0.25, 0.3) is 0 Å². The number of amides is 3. The quantitative estimate of drug-likeness (QED) is 0.578. The van der Waals surface area contributed by atoms with Crippen molar-refractivity contribution in [1.29, 1.82) is 0 Å².